The summed E-state index contributed by atoms with van der Waals surface area (Å²) in [4.78, 5) is 7.72. The fourth-order valence-corrected chi connectivity index (χ4v) is 7.00. The molecule has 8 aromatic carbocycles. The molecule has 216 valence electrons. The minimum absolute atomic E-state index is 0.120. The molecule has 0 fully saturated rings. The molecule has 0 amide bonds. The number of hydrogen-bond acceptors (Lipinski definition) is 2. The molecule has 0 aromatic heterocycles. The molecule has 1 aliphatic rings. The highest BCUT2D eigenvalue weighted by molar-refractivity contribution is 6.27. The Morgan fingerprint density at radius 2 is 0.826 bits per heavy atom. The van der Waals surface area contributed by atoms with E-state index in [2.05, 4.69) is 181 Å². The second kappa shape index (κ2) is 10.9. The smallest absolute Gasteiger partial charge is 0.155 e. The van der Waals surface area contributed by atoms with Crippen LogP contribution in [0.15, 0.2) is 181 Å². The van der Waals surface area contributed by atoms with E-state index >= 15 is 0 Å². The van der Waals surface area contributed by atoms with Crippen LogP contribution in [0.1, 0.15) is 17.3 Å². The number of aliphatic imine (C=N–C) groups is 1. The molecule has 0 bridgehead atoms. The molecule has 1 unspecified atom stereocenters. The number of rotatable bonds is 5. The highest BCUT2D eigenvalue weighted by Gasteiger charge is 2.35. The van der Waals surface area contributed by atoms with E-state index in [1.807, 2.05) is 0 Å². The molecule has 1 aliphatic heterocycles. The van der Waals surface area contributed by atoms with Crippen molar-refractivity contribution in [3.63, 3.8) is 0 Å². The number of amidine groups is 1. The van der Waals surface area contributed by atoms with Crippen LogP contribution in [-0.2, 0) is 0 Å². The van der Waals surface area contributed by atoms with Gasteiger partial charge in [-0.25, -0.2) is 4.99 Å². The van der Waals surface area contributed by atoms with Crippen molar-refractivity contribution in [2.24, 2.45) is 4.99 Å². The first-order valence-corrected chi connectivity index (χ1v) is 15.8. The van der Waals surface area contributed by atoms with Crippen molar-refractivity contribution >= 4 is 43.8 Å². The summed E-state index contributed by atoms with van der Waals surface area (Å²) in [6.45, 7) is 0. The third-order valence-corrected chi connectivity index (χ3v) is 9.26. The third-order valence-electron chi connectivity index (χ3n) is 9.26. The summed E-state index contributed by atoms with van der Waals surface area (Å²) in [5.74, 6) is 0.988. The molecule has 0 saturated carbocycles. The largest absolute Gasteiger partial charge is 0.299 e. The Labute approximate surface area is 268 Å². The fourth-order valence-electron chi connectivity index (χ4n) is 7.00. The van der Waals surface area contributed by atoms with Crippen LogP contribution in [0.25, 0.3) is 54.6 Å². The minimum Gasteiger partial charge on any atom is -0.299 e. The molecular formula is C44H30N2. The van der Waals surface area contributed by atoms with Crippen LogP contribution >= 0.6 is 0 Å². The van der Waals surface area contributed by atoms with Gasteiger partial charge in [-0.1, -0.05) is 152 Å². The van der Waals surface area contributed by atoms with Crippen molar-refractivity contribution in [1.29, 1.82) is 0 Å². The molecule has 0 N–H and O–H groups in total. The number of hydrogen-bond donors (Lipinski definition) is 0. The summed E-state index contributed by atoms with van der Waals surface area (Å²) in [6.07, 6.45) is -0.120. The van der Waals surface area contributed by atoms with E-state index in [9.17, 15) is 0 Å². The van der Waals surface area contributed by atoms with E-state index in [4.69, 9.17) is 4.99 Å². The molecule has 0 radical (unpaired) electrons. The Hall–Kier alpha value is -5.99. The van der Waals surface area contributed by atoms with Crippen molar-refractivity contribution in [1.82, 2.24) is 0 Å². The average Bonchev–Trinajstić information content (AvgIpc) is 3.12. The average molecular weight is 587 g/mol. The summed E-state index contributed by atoms with van der Waals surface area (Å²) < 4.78 is 0. The Kier molecular flexibility index (Phi) is 6.24. The first kappa shape index (κ1) is 26.4. The van der Waals surface area contributed by atoms with E-state index in [1.165, 1.54) is 60.1 Å². The molecule has 1 atom stereocenters. The molecule has 2 nitrogen and oxygen atoms in total. The lowest BCUT2D eigenvalue weighted by Crippen LogP contribution is -2.43. The van der Waals surface area contributed by atoms with Crippen LogP contribution in [0.2, 0.25) is 0 Å². The molecule has 2 heteroatoms. The van der Waals surface area contributed by atoms with Gasteiger partial charge in [0.25, 0.3) is 0 Å². The van der Waals surface area contributed by atoms with Crippen molar-refractivity contribution in [3.05, 3.63) is 187 Å². The fraction of sp³-hybridized carbons (Fsp3) is 0.0227. The topological polar surface area (TPSA) is 15.6 Å². The SMILES string of the molecule is c1ccc(-c2ccc(N3C(c4ccc5c6ccccc6c6ccccc6c5c4)=NC3c3cccc(-c4ccccc4)c3)cc2)cc1. The lowest BCUT2D eigenvalue weighted by molar-refractivity contribution is 0.690. The zero-order valence-corrected chi connectivity index (χ0v) is 25.2. The van der Waals surface area contributed by atoms with E-state index in [-0.39, 0.29) is 6.17 Å². The summed E-state index contributed by atoms with van der Waals surface area (Å²) >= 11 is 0. The zero-order chi connectivity index (χ0) is 30.5. The monoisotopic (exact) mass is 586 g/mol. The third kappa shape index (κ3) is 4.38. The summed E-state index contributed by atoms with van der Waals surface area (Å²) in [5, 5.41) is 7.64. The standard InChI is InChI=1S/C44H30N2/c1-3-12-30(13-4-1)32-22-25-36(26-23-32)46-43(34-17-11-16-33(28-34)31-14-5-2-6-15-31)45-44(46)35-24-27-41-39-20-8-7-18-37(39)38-19-9-10-21-40(38)42(41)29-35/h1-29,43H. The normalized spacial score (nSPS) is 14.4. The molecule has 8 aromatic rings. The summed E-state index contributed by atoms with van der Waals surface area (Å²) in [7, 11) is 0. The van der Waals surface area contributed by atoms with Gasteiger partial charge in [0.15, 0.2) is 6.17 Å². The molecular weight excluding hydrogens is 556 g/mol. The number of fused-ring (bicyclic) bond motifs is 6. The van der Waals surface area contributed by atoms with Gasteiger partial charge < -0.3 is 0 Å². The van der Waals surface area contributed by atoms with Crippen molar-refractivity contribution in [2.45, 2.75) is 6.17 Å². The van der Waals surface area contributed by atoms with Gasteiger partial charge in [0, 0.05) is 11.3 Å². The highest BCUT2D eigenvalue weighted by atomic mass is 15.4. The summed E-state index contributed by atoms with van der Waals surface area (Å²) in [5.41, 5.74) is 8.25. The Morgan fingerprint density at radius 1 is 0.348 bits per heavy atom. The Bertz CT molecular complexity index is 2370. The van der Waals surface area contributed by atoms with Crippen LogP contribution < -0.4 is 4.90 Å². The van der Waals surface area contributed by atoms with E-state index in [0.717, 1.165) is 17.1 Å². The van der Waals surface area contributed by atoms with Crippen molar-refractivity contribution in [2.75, 3.05) is 4.90 Å². The molecule has 9 rings (SSSR count). The molecule has 0 spiro atoms. The first-order chi connectivity index (χ1) is 22.8. The van der Waals surface area contributed by atoms with Crippen LogP contribution in [0, 0.1) is 0 Å². The van der Waals surface area contributed by atoms with Gasteiger partial charge >= 0.3 is 0 Å². The van der Waals surface area contributed by atoms with E-state index in [0.29, 0.717) is 0 Å². The number of benzene rings is 8. The van der Waals surface area contributed by atoms with Crippen LogP contribution in [0.5, 0.6) is 0 Å². The second-order valence-corrected chi connectivity index (χ2v) is 12.0. The summed E-state index contributed by atoms with van der Waals surface area (Å²) in [6, 6.07) is 63.2. The second-order valence-electron chi connectivity index (χ2n) is 12.0. The van der Waals surface area contributed by atoms with Crippen molar-refractivity contribution in [3.8, 4) is 22.3 Å². The maximum Gasteiger partial charge on any atom is 0.155 e. The molecule has 0 aliphatic carbocycles. The van der Waals surface area contributed by atoms with Crippen LogP contribution in [-0.4, -0.2) is 5.84 Å². The van der Waals surface area contributed by atoms with Gasteiger partial charge in [0.05, 0.1) is 0 Å². The van der Waals surface area contributed by atoms with Gasteiger partial charge in [-0.05, 0) is 84.4 Å². The quantitative estimate of drug-likeness (QED) is 0.183. The first-order valence-electron chi connectivity index (χ1n) is 15.8. The van der Waals surface area contributed by atoms with Crippen LogP contribution in [0.4, 0.5) is 5.69 Å². The Morgan fingerprint density at radius 3 is 1.46 bits per heavy atom. The van der Waals surface area contributed by atoms with Gasteiger partial charge in [-0.3, -0.25) is 4.90 Å². The lowest BCUT2D eigenvalue weighted by Gasteiger charge is -2.41. The van der Waals surface area contributed by atoms with Gasteiger partial charge in [-0.2, -0.15) is 0 Å². The minimum atomic E-state index is -0.120. The maximum absolute atomic E-state index is 5.33. The molecule has 1 heterocycles. The highest BCUT2D eigenvalue weighted by Crippen LogP contribution is 2.41. The predicted octanol–water partition coefficient (Wildman–Crippen LogP) is 11.4. The zero-order valence-electron chi connectivity index (χ0n) is 25.2. The Balaban J connectivity index is 1.19. The maximum atomic E-state index is 5.33. The number of anilines is 1. The lowest BCUT2D eigenvalue weighted by atomic mass is 9.92. The molecule has 46 heavy (non-hydrogen) atoms. The number of nitrogens with zero attached hydrogens (tertiary/aromatic N) is 2. The van der Waals surface area contributed by atoms with Gasteiger partial charge in [-0.15, -0.1) is 0 Å². The molecule has 0 saturated heterocycles. The van der Waals surface area contributed by atoms with E-state index in [1.54, 1.807) is 0 Å². The van der Waals surface area contributed by atoms with Gasteiger partial charge in [0.1, 0.15) is 5.84 Å². The predicted molar refractivity (Wildman–Crippen MR) is 194 cm³/mol. The van der Waals surface area contributed by atoms with E-state index < -0.39 is 0 Å². The van der Waals surface area contributed by atoms with Crippen LogP contribution in [0.3, 0.4) is 0 Å². The van der Waals surface area contributed by atoms with Gasteiger partial charge in [0.2, 0.25) is 0 Å². The van der Waals surface area contributed by atoms with Crippen molar-refractivity contribution < 1.29 is 0 Å².